The first-order chi connectivity index (χ1) is 5.91. The van der Waals surface area contributed by atoms with Crippen LogP contribution in [0.5, 0.6) is 0 Å². The van der Waals surface area contributed by atoms with Gasteiger partial charge in [-0.1, -0.05) is 0 Å². The molecule has 1 unspecified atom stereocenters. The zero-order valence-corrected chi connectivity index (χ0v) is 7.77. The summed E-state index contributed by atoms with van der Waals surface area (Å²) in [6.45, 7) is 4.49. The van der Waals surface area contributed by atoms with Crippen LogP contribution < -0.4 is 0 Å². The van der Waals surface area contributed by atoms with E-state index in [1.165, 1.54) is 0 Å². The molecule has 1 aliphatic heterocycles. The Hall–Kier alpha value is -0.290. The van der Waals surface area contributed by atoms with Crippen molar-refractivity contribution >= 4 is 0 Å². The summed E-state index contributed by atoms with van der Waals surface area (Å²) in [6.07, 6.45) is -5.84. The number of ether oxygens (including phenoxy) is 1. The second kappa shape index (κ2) is 3.84. The van der Waals surface area contributed by atoms with Crippen LogP contribution in [-0.2, 0) is 4.74 Å². The van der Waals surface area contributed by atoms with E-state index >= 15 is 0 Å². The maximum absolute atomic E-state index is 12.2. The lowest BCUT2D eigenvalue weighted by atomic mass is 10.2. The quantitative estimate of drug-likeness (QED) is 0.633. The van der Waals surface area contributed by atoms with Crippen molar-refractivity contribution in [2.24, 2.45) is 0 Å². The van der Waals surface area contributed by atoms with Crippen LogP contribution in [0.25, 0.3) is 0 Å². The maximum Gasteiger partial charge on any atom is 0.415 e. The first-order valence-electron chi connectivity index (χ1n) is 4.33. The predicted molar refractivity (Wildman–Crippen MR) is 42.5 cm³/mol. The second-order valence-electron chi connectivity index (χ2n) is 3.49. The summed E-state index contributed by atoms with van der Waals surface area (Å²) in [4.78, 5) is 1.78. The zero-order valence-electron chi connectivity index (χ0n) is 7.77. The Morgan fingerprint density at radius 2 is 2.00 bits per heavy atom. The molecule has 1 atom stereocenters. The van der Waals surface area contributed by atoms with Crippen molar-refractivity contribution in [2.45, 2.75) is 32.2 Å². The Morgan fingerprint density at radius 3 is 2.46 bits per heavy atom. The molecule has 1 heterocycles. The van der Waals surface area contributed by atoms with E-state index in [1.54, 1.807) is 4.90 Å². The number of morpholine rings is 1. The Bertz CT molecular complexity index is 169. The minimum absolute atomic E-state index is 0.0405. The summed E-state index contributed by atoms with van der Waals surface area (Å²) in [6, 6.07) is 0.147. The van der Waals surface area contributed by atoms with Gasteiger partial charge in [-0.3, -0.25) is 4.90 Å². The normalized spacial score (nSPS) is 26.8. The van der Waals surface area contributed by atoms with E-state index in [4.69, 9.17) is 0 Å². The van der Waals surface area contributed by atoms with Gasteiger partial charge in [0.1, 0.15) is 0 Å². The number of nitrogens with zero attached hydrogens (tertiary/aromatic N) is 1. The van der Waals surface area contributed by atoms with Crippen LogP contribution in [0.15, 0.2) is 0 Å². The molecule has 0 N–H and O–H groups in total. The Labute approximate surface area is 75.7 Å². The highest BCUT2D eigenvalue weighted by molar-refractivity contribution is 4.78. The molecule has 0 spiro atoms. The van der Waals surface area contributed by atoms with Crippen molar-refractivity contribution in [3.05, 3.63) is 0 Å². The molecule has 13 heavy (non-hydrogen) atoms. The monoisotopic (exact) mass is 197 g/mol. The summed E-state index contributed by atoms with van der Waals surface area (Å²) in [5.74, 6) is 0. The Kier molecular flexibility index (Phi) is 3.18. The average molecular weight is 197 g/mol. The standard InChI is InChI=1S/C8H14F3NO/c1-6(2)12-3-4-13-7(5-12)8(9,10)11/h6-7H,3-5H2,1-2H3. The van der Waals surface area contributed by atoms with Gasteiger partial charge in [-0.05, 0) is 13.8 Å². The van der Waals surface area contributed by atoms with Crippen LogP contribution in [0.4, 0.5) is 13.2 Å². The largest absolute Gasteiger partial charge is 0.415 e. The van der Waals surface area contributed by atoms with Crippen LogP contribution in [0.3, 0.4) is 0 Å². The first-order valence-corrected chi connectivity index (χ1v) is 4.33. The topological polar surface area (TPSA) is 12.5 Å². The lowest BCUT2D eigenvalue weighted by Crippen LogP contribution is -2.51. The molecule has 1 rings (SSSR count). The smallest absolute Gasteiger partial charge is 0.366 e. The zero-order chi connectivity index (χ0) is 10.1. The molecular weight excluding hydrogens is 183 g/mol. The summed E-state index contributed by atoms with van der Waals surface area (Å²) < 4.78 is 41.3. The Balaban J connectivity index is 2.52. The molecular formula is C8H14F3NO. The molecule has 1 fully saturated rings. The molecule has 0 amide bonds. The molecule has 2 nitrogen and oxygen atoms in total. The molecule has 0 saturated carbocycles. The summed E-state index contributed by atoms with van der Waals surface area (Å²) in [5.41, 5.74) is 0. The third kappa shape index (κ3) is 2.84. The van der Waals surface area contributed by atoms with Crippen LogP contribution in [0.2, 0.25) is 0 Å². The minimum Gasteiger partial charge on any atom is -0.366 e. The van der Waals surface area contributed by atoms with E-state index in [2.05, 4.69) is 4.74 Å². The number of hydrogen-bond acceptors (Lipinski definition) is 2. The van der Waals surface area contributed by atoms with Crippen LogP contribution in [-0.4, -0.2) is 42.9 Å². The fraction of sp³-hybridized carbons (Fsp3) is 1.00. The molecule has 0 radical (unpaired) electrons. The highest BCUT2D eigenvalue weighted by Crippen LogP contribution is 2.26. The lowest BCUT2D eigenvalue weighted by molar-refractivity contribution is -0.238. The van der Waals surface area contributed by atoms with Crippen LogP contribution >= 0.6 is 0 Å². The molecule has 0 aliphatic carbocycles. The van der Waals surface area contributed by atoms with Gasteiger partial charge in [-0.2, -0.15) is 13.2 Å². The van der Waals surface area contributed by atoms with Crippen molar-refractivity contribution in [3.8, 4) is 0 Å². The average Bonchev–Trinajstić information content (AvgIpc) is 2.03. The summed E-state index contributed by atoms with van der Waals surface area (Å²) in [5, 5.41) is 0. The highest BCUT2D eigenvalue weighted by atomic mass is 19.4. The molecule has 0 aromatic heterocycles. The summed E-state index contributed by atoms with van der Waals surface area (Å²) >= 11 is 0. The molecule has 1 saturated heterocycles. The van der Waals surface area contributed by atoms with E-state index in [-0.39, 0.29) is 19.2 Å². The van der Waals surface area contributed by atoms with Gasteiger partial charge >= 0.3 is 6.18 Å². The van der Waals surface area contributed by atoms with E-state index in [9.17, 15) is 13.2 Å². The van der Waals surface area contributed by atoms with E-state index < -0.39 is 12.3 Å². The number of halogens is 3. The van der Waals surface area contributed by atoms with Gasteiger partial charge in [0.05, 0.1) is 6.61 Å². The lowest BCUT2D eigenvalue weighted by Gasteiger charge is -2.36. The van der Waals surface area contributed by atoms with Crippen molar-refractivity contribution in [1.29, 1.82) is 0 Å². The van der Waals surface area contributed by atoms with Gasteiger partial charge in [0.25, 0.3) is 0 Å². The van der Waals surface area contributed by atoms with Crippen molar-refractivity contribution in [3.63, 3.8) is 0 Å². The van der Waals surface area contributed by atoms with Crippen molar-refractivity contribution in [2.75, 3.05) is 19.7 Å². The van der Waals surface area contributed by atoms with Gasteiger partial charge in [-0.25, -0.2) is 0 Å². The van der Waals surface area contributed by atoms with Crippen molar-refractivity contribution < 1.29 is 17.9 Å². The predicted octanol–water partition coefficient (Wildman–Crippen LogP) is 1.66. The van der Waals surface area contributed by atoms with Gasteiger partial charge in [-0.15, -0.1) is 0 Å². The number of rotatable bonds is 1. The second-order valence-corrected chi connectivity index (χ2v) is 3.49. The number of alkyl halides is 3. The maximum atomic E-state index is 12.2. The third-order valence-electron chi connectivity index (χ3n) is 2.19. The van der Waals surface area contributed by atoms with Gasteiger partial charge in [0, 0.05) is 19.1 Å². The number of hydrogen-bond donors (Lipinski definition) is 0. The molecule has 0 bridgehead atoms. The molecule has 1 aliphatic rings. The van der Waals surface area contributed by atoms with E-state index in [1.807, 2.05) is 13.8 Å². The fourth-order valence-corrected chi connectivity index (χ4v) is 1.34. The van der Waals surface area contributed by atoms with Gasteiger partial charge in [0.2, 0.25) is 0 Å². The fourth-order valence-electron chi connectivity index (χ4n) is 1.34. The summed E-state index contributed by atoms with van der Waals surface area (Å²) in [7, 11) is 0. The molecule has 0 aromatic carbocycles. The third-order valence-corrected chi connectivity index (χ3v) is 2.19. The molecule has 78 valence electrons. The SMILES string of the molecule is CC(C)N1CCOC(C(F)(F)F)C1. The Morgan fingerprint density at radius 1 is 1.38 bits per heavy atom. The highest BCUT2D eigenvalue weighted by Gasteiger charge is 2.43. The molecule has 5 heteroatoms. The van der Waals surface area contributed by atoms with Crippen LogP contribution in [0, 0.1) is 0 Å². The van der Waals surface area contributed by atoms with Crippen LogP contribution in [0.1, 0.15) is 13.8 Å². The molecule has 0 aromatic rings. The van der Waals surface area contributed by atoms with Gasteiger partial charge < -0.3 is 4.74 Å². The first kappa shape index (κ1) is 10.8. The van der Waals surface area contributed by atoms with Gasteiger partial charge in [0.15, 0.2) is 6.10 Å². The van der Waals surface area contributed by atoms with Crippen molar-refractivity contribution in [1.82, 2.24) is 4.90 Å². The van der Waals surface area contributed by atoms with E-state index in [0.29, 0.717) is 6.54 Å². The van der Waals surface area contributed by atoms with E-state index in [0.717, 1.165) is 0 Å². The minimum atomic E-state index is -4.23.